The third-order valence-electron chi connectivity index (χ3n) is 2.45. The molecule has 3 nitrogen and oxygen atoms in total. The lowest BCUT2D eigenvalue weighted by Crippen LogP contribution is -1.88. The number of nitrogens with zero attached hydrogens (tertiary/aromatic N) is 1. The normalized spacial score (nSPS) is 10.7. The molecule has 2 rings (SSSR count). The van der Waals surface area contributed by atoms with Crippen molar-refractivity contribution in [2.24, 2.45) is 0 Å². The number of nitro groups is 1. The molecule has 0 aliphatic carbocycles. The van der Waals surface area contributed by atoms with Crippen LogP contribution in [-0.2, 0) is 0 Å². The first-order valence-corrected chi connectivity index (χ1v) is 5.72. The molecule has 0 aromatic heterocycles. The van der Waals surface area contributed by atoms with Crippen molar-refractivity contribution >= 4 is 29.4 Å². The largest absolute Gasteiger partial charge is 0.270 e. The van der Waals surface area contributed by atoms with Crippen molar-refractivity contribution in [1.82, 2.24) is 0 Å². The van der Waals surface area contributed by atoms with Gasteiger partial charge in [-0.05, 0) is 17.2 Å². The zero-order chi connectivity index (χ0) is 13.0. The van der Waals surface area contributed by atoms with Crippen LogP contribution in [0.5, 0.6) is 0 Å². The highest BCUT2D eigenvalue weighted by molar-refractivity contribution is 6.32. The topological polar surface area (TPSA) is 43.1 Å². The maximum absolute atomic E-state index is 10.7. The van der Waals surface area contributed by atoms with Crippen LogP contribution in [0.2, 0.25) is 5.02 Å². The van der Waals surface area contributed by atoms with Crippen LogP contribution in [0.3, 0.4) is 0 Å². The minimum Gasteiger partial charge on any atom is -0.258 e. The molecule has 2 aromatic carbocycles. The second-order valence-electron chi connectivity index (χ2n) is 3.71. The summed E-state index contributed by atoms with van der Waals surface area (Å²) in [7, 11) is 0. The number of halogens is 1. The number of benzene rings is 2. The Hall–Kier alpha value is -2.13. The van der Waals surface area contributed by atoms with Crippen LogP contribution in [0, 0.1) is 10.1 Å². The zero-order valence-corrected chi connectivity index (χ0v) is 10.2. The van der Waals surface area contributed by atoms with Gasteiger partial charge < -0.3 is 0 Å². The molecule has 0 bridgehead atoms. The van der Waals surface area contributed by atoms with Gasteiger partial charge in [-0.3, -0.25) is 10.1 Å². The van der Waals surface area contributed by atoms with Gasteiger partial charge in [0.05, 0.1) is 4.92 Å². The highest BCUT2D eigenvalue weighted by Crippen LogP contribution is 2.23. The number of nitro benzene ring substituents is 1. The molecule has 4 heteroatoms. The maximum Gasteiger partial charge on any atom is 0.270 e. The highest BCUT2D eigenvalue weighted by Gasteiger charge is 2.07. The highest BCUT2D eigenvalue weighted by atomic mass is 35.5. The first-order chi connectivity index (χ1) is 8.66. The lowest BCUT2D eigenvalue weighted by atomic mass is 10.1. The molecule has 0 unspecified atom stereocenters. The minimum absolute atomic E-state index is 0.0344. The quantitative estimate of drug-likeness (QED) is 0.465. The van der Waals surface area contributed by atoms with Crippen molar-refractivity contribution in [1.29, 1.82) is 0 Å². The summed E-state index contributed by atoms with van der Waals surface area (Å²) < 4.78 is 0. The zero-order valence-electron chi connectivity index (χ0n) is 9.42. The van der Waals surface area contributed by atoms with Gasteiger partial charge in [0.25, 0.3) is 5.69 Å². The van der Waals surface area contributed by atoms with Gasteiger partial charge in [0.15, 0.2) is 0 Å². The van der Waals surface area contributed by atoms with E-state index in [4.69, 9.17) is 11.6 Å². The van der Waals surface area contributed by atoms with Crippen molar-refractivity contribution < 1.29 is 4.92 Å². The fourth-order valence-electron chi connectivity index (χ4n) is 1.52. The van der Waals surface area contributed by atoms with E-state index in [0.29, 0.717) is 10.6 Å². The third kappa shape index (κ3) is 2.96. The van der Waals surface area contributed by atoms with E-state index in [2.05, 4.69) is 0 Å². The molecule has 0 amide bonds. The standard InChI is InChI=1S/C14H10ClNO2/c15-14-9-8-13(16(17)18)10-12(14)7-6-11-4-2-1-3-5-11/h1-10H/b7-6+. The Morgan fingerprint density at radius 1 is 1.06 bits per heavy atom. The summed E-state index contributed by atoms with van der Waals surface area (Å²) in [6, 6.07) is 14.1. The average Bonchev–Trinajstić information content (AvgIpc) is 2.38. The first-order valence-electron chi connectivity index (χ1n) is 5.34. The van der Waals surface area contributed by atoms with E-state index in [0.717, 1.165) is 5.56 Å². The molecule has 0 saturated heterocycles. The number of hydrogen-bond acceptors (Lipinski definition) is 2. The molecule has 0 radical (unpaired) electrons. The van der Waals surface area contributed by atoms with Gasteiger partial charge in [-0.15, -0.1) is 0 Å². The van der Waals surface area contributed by atoms with Crippen molar-refractivity contribution in [3.63, 3.8) is 0 Å². The molecule has 0 N–H and O–H groups in total. The SMILES string of the molecule is O=[N+]([O-])c1ccc(Cl)c(/C=C/c2ccccc2)c1. The van der Waals surface area contributed by atoms with Crippen molar-refractivity contribution in [3.8, 4) is 0 Å². The Kier molecular flexibility index (Phi) is 3.75. The molecular formula is C14H10ClNO2. The molecule has 0 spiro atoms. The molecule has 0 saturated carbocycles. The van der Waals surface area contributed by atoms with E-state index >= 15 is 0 Å². The third-order valence-corrected chi connectivity index (χ3v) is 2.79. The number of rotatable bonds is 3. The van der Waals surface area contributed by atoms with Gasteiger partial charge >= 0.3 is 0 Å². The Balaban J connectivity index is 2.31. The summed E-state index contributed by atoms with van der Waals surface area (Å²) in [5, 5.41) is 11.2. The molecule has 0 aliphatic rings. The lowest BCUT2D eigenvalue weighted by molar-refractivity contribution is -0.384. The van der Waals surface area contributed by atoms with Crippen molar-refractivity contribution in [3.05, 3.63) is 74.8 Å². The lowest BCUT2D eigenvalue weighted by Gasteiger charge is -1.98. The van der Waals surface area contributed by atoms with E-state index in [1.165, 1.54) is 18.2 Å². The fourth-order valence-corrected chi connectivity index (χ4v) is 1.70. The van der Waals surface area contributed by atoms with Gasteiger partial charge in [-0.1, -0.05) is 54.1 Å². The van der Waals surface area contributed by atoms with Gasteiger partial charge in [0, 0.05) is 17.2 Å². The van der Waals surface area contributed by atoms with Crippen molar-refractivity contribution in [2.45, 2.75) is 0 Å². The molecule has 0 heterocycles. The van der Waals surface area contributed by atoms with E-state index in [-0.39, 0.29) is 5.69 Å². The van der Waals surface area contributed by atoms with Gasteiger partial charge in [-0.2, -0.15) is 0 Å². The Morgan fingerprint density at radius 3 is 2.44 bits per heavy atom. The molecule has 0 fully saturated rings. The van der Waals surface area contributed by atoms with Gasteiger partial charge in [0.2, 0.25) is 0 Å². The molecule has 90 valence electrons. The minimum atomic E-state index is -0.434. The molecule has 0 atom stereocenters. The van der Waals surface area contributed by atoms with Crippen molar-refractivity contribution in [2.75, 3.05) is 0 Å². The second kappa shape index (κ2) is 5.47. The predicted molar refractivity (Wildman–Crippen MR) is 73.5 cm³/mol. The van der Waals surface area contributed by atoms with E-state index < -0.39 is 4.92 Å². The molecular weight excluding hydrogens is 250 g/mol. The molecule has 2 aromatic rings. The number of hydrogen-bond donors (Lipinski definition) is 0. The average molecular weight is 260 g/mol. The summed E-state index contributed by atoms with van der Waals surface area (Å²) in [6.45, 7) is 0. The van der Waals surface area contributed by atoms with Crippen LogP contribution in [0.1, 0.15) is 11.1 Å². The summed E-state index contributed by atoms with van der Waals surface area (Å²) >= 11 is 5.99. The van der Waals surface area contributed by atoms with E-state index in [1.54, 1.807) is 6.08 Å². The Bertz CT molecular complexity index is 594. The van der Waals surface area contributed by atoms with Crippen LogP contribution in [0.4, 0.5) is 5.69 Å². The predicted octanol–water partition coefficient (Wildman–Crippen LogP) is 4.42. The molecule has 0 aliphatic heterocycles. The summed E-state index contributed by atoms with van der Waals surface area (Å²) in [5.41, 5.74) is 1.68. The second-order valence-corrected chi connectivity index (χ2v) is 4.11. The summed E-state index contributed by atoms with van der Waals surface area (Å²) in [4.78, 5) is 10.2. The van der Waals surface area contributed by atoms with Gasteiger partial charge in [-0.25, -0.2) is 0 Å². The maximum atomic E-state index is 10.7. The number of non-ortho nitro benzene ring substituents is 1. The Morgan fingerprint density at radius 2 is 1.78 bits per heavy atom. The summed E-state index contributed by atoms with van der Waals surface area (Å²) in [6.07, 6.45) is 3.63. The van der Waals surface area contributed by atoms with Crippen LogP contribution in [0.15, 0.2) is 48.5 Å². The van der Waals surface area contributed by atoms with Crippen LogP contribution in [-0.4, -0.2) is 4.92 Å². The fraction of sp³-hybridized carbons (Fsp3) is 0. The smallest absolute Gasteiger partial charge is 0.258 e. The van der Waals surface area contributed by atoms with Crippen LogP contribution in [0.25, 0.3) is 12.2 Å². The Labute approximate surface area is 109 Å². The van der Waals surface area contributed by atoms with Crippen LogP contribution >= 0.6 is 11.6 Å². The van der Waals surface area contributed by atoms with E-state index in [9.17, 15) is 10.1 Å². The van der Waals surface area contributed by atoms with E-state index in [1.807, 2.05) is 36.4 Å². The first kappa shape index (κ1) is 12.3. The van der Waals surface area contributed by atoms with Gasteiger partial charge in [0.1, 0.15) is 0 Å². The van der Waals surface area contributed by atoms with Crippen LogP contribution < -0.4 is 0 Å². The summed E-state index contributed by atoms with van der Waals surface area (Å²) in [5.74, 6) is 0. The molecule has 18 heavy (non-hydrogen) atoms. The monoisotopic (exact) mass is 259 g/mol.